The van der Waals surface area contributed by atoms with Gasteiger partial charge >= 0.3 is 0 Å². The molecule has 1 saturated heterocycles. The van der Waals surface area contributed by atoms with Gasteiger partial charge in [-0.25, -0.2) is 4.98 Å². The van der Waals surface area contributed by atoms with E-state index in [1.165, 1.54) is 10.6 Å². The first kappa shape index (κ1) is 23.7. The van der Waals surface area contributed by atoms with E-state index in [4.69, 9.17) is 9.73 Å². The molecule has 0 aliphatic carbocycles. The number of aliphatic imine (C=N–C) groups is 1. The quantitative estimate of drug-likeness (QED) is 0.324. The second-order valence-corrected chi connectivity index (χ2v) is 8.33. The number of halogens is 1. The van der Waals surface area contributed by atoms with Crippen LogP contribution in [0.15, 0.2) is 35.5 Å². The summed E-state index contributed by atoms with van der Waals surface area (Å²) in [6, 6.07) is 8.68. The lowest BCUT2D eigenvalue weighted by Crippen LogP contribution is -2.51. The molecular formula is C21H32IN5OS. The van der Waals surface area contributed by atoms with Crippen molar-refractivity contribution in [3.05, 3.63) is 40.3 Å². The number of thiazole rings is 1. The van der Waals surface area contributed by atoms with Gasteiger partial charge in [-0.05, 0) is 38.8 Å². The van der Waals surface area contributed by atoms with Gasteiger partial charge in [-0.3, -0.25) is 4.99 Å². The van der Waals surface area contributed by atoms with E-state index in [1.807, 2.05) is 12.3 Å². The lowest BCUT2D eigenvalue weighted by molar-refractivity contribution is 0.414. The minimum absolute atomic E-state index is 0. The Kier molecular flexibility index (Phi) is 9.99. The third-order valence-electron chi connectivity index (χ3n) is 4.79. The molecular weight excluding hydrogens is 497 g/mol. The number of aryl methyl sites for hydroxylation is 1. The second kappa shape index (κ2) is 12.2. The number of nitrogens with zero attached hydrogens (tertiary/aromatic N) is 3. The predicted molar refractivity (Wildman–Crippen MR) is 133 cm³/mol. The van der Waals surface area contributed by atoms with E-state index in [0.29, 0.717) is 6.04 Å². The molecule has 1 aliphatic heterocycles. The van der Waals surface area contributed by atoms with Crippen molar-refractivity contribution in [2.45, 2.75) is 39.2 Å². The molecule has 0 spiro atoms. The van der Waals surface area contributed by atoms with E-state index in [1.54, 1.807) is 18.4 Å². The molecule has 0 saturated carbocycles. The third-order valence-corrected chi connectivity index (χ3v) is 5.76. The molecule has 2 N–H and O–H groups in total. The van der Waals surface area contributed by atoms with Gasteiger partial charge in [-0.15, -0.1) is 35.3 Å². The molecule has 0 radical (unpaired) electrons. The highest BCUT2D eigenvalue weighted by Crippen LogP contribution is 2.24. The minimum Gasteiger partial charge on any atom is -0.497 e. The van der Waals surface area contributed by atoms with Crippen LogP contribution in [0.5, 0.6) is 5.75 Å². The average Bonchev–Trinajstić information content (AvgIpc) is 3.13. The monoisotopic (exact) mass is 529 g/mol. The van der Waals surface area contributed by atoms with Crippen molar-refractivity contribution < 1.29 is 4.74 Å². The van der Waals surface area contributed by atoms with Crippen molar-refractivity contribution in [2.24, 2.45) is 4.99 Å². The summed E-state index contributed by atoms with van der Waals surface area (Å²) >= 11 is 1.75. The van der Waals surface area contributed by atoms with Crippen molar-refractivity contribution in [1.82, 2.24) is 15.6 Å². The number of hydrogen-bond donors (Lipinski definition) is 2. The van der Waals surface area contributed by atoms with Crippen molar-refractivity contribution >= 4 is 47.0 Å². The first-order chi connectivity index (χ1) is 13.7. The normalized spacial score (nSPS) is 16.9. The number of aromatic nitrogens is 1. The zero-order valence-corrected chi connectivity index (χ0v) is 20.6. The molecule has 160 valence electrons. The Labute approximate surface area is 195 Å². The minimum atomic E-state index is 0. The van der Waals surface area contributed by atoms with Gasteiger partial charge in [0.2, 0.25) is 0 Å². The Bertz CT molecular complexity index is 782. The fourth-order valence-electron chi connectivity index (χ4n) is 3.43. The fourth-order valence-corrected chi connectivity index (χ4v) is 4.21. The smallest absolute Gasteiger partial charge is 0.191 e. The van der Waals surface area contributed by atoms with E-state index in [2.05, 4.69) is 52.6 Å². The number of anilines is 1. The fraction of sp³-hybridized carbons (Fsp3) is 0.524. The second-order valence-electron chi connectivity index (χ2n) is 7.01. The Balaban J connectivity index is 0.00000300. The lowest BCUT2D eigenvalue weighted by Gasteiger charge is -2.35. The van der Waals surface area contributed by atoms with Crippen molar-refractivity contribution in [3.8, 4) is 5.75 Å². The molecule has 2 aromatic rings. The van der Waals surface area contributed by atoms with Gasteiger partial charge in [-0.2, -0.15) is 0 Å². The Morgan fingerprint density at radius 2 is 2.28 bits per heavy atom. The topological polar surface area (TPSA) is 61.8 Å². The molecule has 1 fully saturated rings. The Hall–Kier alpha value is -1.55. The molecule has 0 amide bonds. The largest absolute Gasteiger partial charge is 0.497 e. The maximum Gasteiger partial charge on any atom is 0.191 e. The van der Waals surface area contributed by atoms with Crippen molar-refractivity contribution in [3.63, 3.8) is 0 Å². The van der Waals surface area contributed by atoms with Crippen LogP contribution in [0.2, 0.25) is 0 Å². The Morgan fingerprint density at radius 3 is 3.00 bits per heavy atom. The first-order valence-electron chi connectivity index (χ1n) is 10.0. The van der Waals surface area contributed by atoms with Crippen LogP contribution in [-0.2, 0) is 6.42 Å². The summed E-state index contributed by atoms with van der Waals surface area (Å²) in [6.45, 7) is 7.83. The summed E-state index contributed by atoms with van der Waals surface area (Å²) < 4.78 is 5.38. The molecule has 1 aromatic carbocycles. The zero-order chi connectivity index (χ0) is 19.8. The molecule has 29 heavy (non-hydrogen) atoms. The maximum atomic E-state index is 5.38. The summed E-state index contributed by atoms with van der Waals surface area (Å²) in [7, 11) is 1.71. The van der Waals surface area contributed by atoms with E-state index in [-0.39, 0.29) is 24.0 Å². The summed E-state index contributed by atoms with van der Waals surface area (Å²) in [5, 5.41) is 8.16. The molecule has 1 unspecified atom stereocenters. The molecule has 8 heteroatoms. The van der Waals surface area contributed by atoms with Crippen LogP contribution in [0, 0.1) is 6.92 Å². The first-order valence-corrected chi connectivity index (χ1v) is 10.8. The van der Waals surface area contributed by atoms with Gasteiger partial charge in [0, 0.05) is 61.5 Å². The molecule has 0 bridgehead atoms. The summed E-state index contributed by atoms with van der Waals surface area (Å²) in [5.74, 6) is 1.80. The van der Waals surface area contributed by atoms with Gasteiger partial charge in [-0.1, -0.05) is 6.07 Å². The van der Waals surface area contributed by atoms with Crippen LogP contribution < -0.4 is 20.3 Å². The number of methoxy groups -OCH3 is 1. The van der Waals surface area contributed by atoms with Crippen LogP contribution in [-0.4, -0.2) is 50.3 Å². The summed E-state index contributed by atoms with van der Waals surface area (Å²) in [4.78, 5) is 12.9. The SMILES string of the molecule is CCNC(=NCCc1ncc(C)s1)NC1CCCN(c2cccc(OC)c2)C1.I. The van der Waals surface area contributed by atoms with E-state index < -0.39 is 0 Å². The number of guanidine groups is 1. The van der Waals surface area contributed by atoms with E-state index in [9.17, 15) is 0 Å². The highest BCUT2D eigenvalue weighted by molar-refractivity contribution is 14.0. The molecule has 3 rings (SSSR count). The molecule has 2 heterocycles. The summed E-state index contributed by atoms with van der Waals surface area (Å²) in [5.41, 5.74) is 1.21. The maximum absolute atomic E-state index is 5.38. The molecule has 1 aromatic heterocycles. The van der Waals surface area contributed by atoms with Crippen molar-refractivity contribution in [2.75, 3.05) is 38.2 Å². The van der Waals surface area contributed by atoms with Crippen LogP contribution >= 0.6 is 35.3 Å². The van der Waals surface area contributed by atoms with Gasteiger partial charge in [0.25, 0.3) is 0 Å². The summed E-state index contributed by atoms with van der Waals surface area (Å²) in [6.07, 6.45) is 5.13. The Morgan fingerprint density at radius 1 is 1.41 bits per heavy atom. The van der Waals surface area contributed by atoms with Gasteiger partial charge in [0.15, 0.2) is 5.96 Å². The highest BCUT2D eigenvalue weighted by atomic mass is 127. The third kappa shape index (κ3) is 7.33. The van der Waals surface area contributed by atoms with Gasteiger partial charge in [0.1, 0.15) is 5.75 Å². The van der Waals surface area contributed by atoms with Gasteiger partial charge < -0.3 is 20.3 Å². The number of ether oxygens (including phenoxy) is 1. The predicted octanol–water partition coefficient (Wildman–Crippen LogP) is 3.84. The standard InChI is InChI=1S/C21H31N5OS.HI/c1-4-22-21(23-11-10-20-24-14-16(2)28-20)25-17-7-6-12-26(15-17)18-8-5-9-19(13-18)27-3;/h5,8-9,13-14,17H,4,6-7,10-12,15H2,1-3H3,(H2,22,23,25);1H. The zero-order valence-electron chi connectivity index (χ0n) is 17.5. The molecule has 1 atom stereocenters. The molecule has 1 aliphatic rings. The number of nitrogens with one attached hydrogen (secondary N) is 2. The van der Waals surface area contributed by atoms with Crippen LogP contribution in [0.1, 0.15) is 29.7 Å². The van der Waals surface area contributed by atoms with Gasteiger partial charge in [0.05, 0.1) is 12.1 Å². The van der Waals surface area contributed by atoms with E-state index >= 15 is 0 Å². The van der Waals surface area contributed by atoms with Crippen LogP contribution in [0.3, 0.4) is 0 Å². The van der Waals surface area contributed by atoms with Crippen LogP contribution in [0.25, 0.3) is 0 Å². The molecule has 6 nitrogen and oxygen atoms in total. The van der Waals surface area contributed by atoms with Crippen molar-refractivity contribution in [1.29, 1.82) is 0 Å². The average molecular weight is 529 g/mol. The van der Waals surface area contributed by atoms with E-state index in [0.717, 1.165) is 62.2 Å². The van der Waals surface area contributed by atoms with Crippen LogP contribution in [0.4, 0.5) is 5.69 Å². The lowest BCUT2D eigenvalue weighted by atomic mass is 10.0. The number of rotatable bonds is 7. The number of hydrogen-bond acceptors (Lipinski definition) is 5. The highest BCUT2D eigenvalue weighted by Gasteiger charge is 2.21. The number of benzene rings is 1. The number of piperidine rings is 1.